The van der Waals surface area contributed by atoms with E-state index < -0.39 is 0 Å². The lowest BCUT2D eigenvalue weighted by Gasteiger charge is -2.13. The Morgan fingerprint density at radius 2 is 1.93 bits per heavy atom. The lowest BCUT2D eigenvalue weighted by Crippen LogP contribution is -2.31. The highest BCUT2D eigenvalue weighted by atomic mass is 16.2. The van der Waals surface area contributed by atoms with E-state index in [4.69, 9.17) is 0 Å². The molecule has 0 aromatic rings. The van der Waals surface area contributed by atoms with Crippen LogP contribution in [-0.2, 0) is 9.59 Å². The summed E-state index contributed by atoms with van der Waals surface area (Å²) in [5, 5.41) is 2.82. The number of rotatable bonds is 6. The van der Waals surface area contributed by atoms with Crippen molar-refractivity contribution in [2.75, 3.05) is 20.6 Å². The summed E-state index contributed by atoms with van der Waals surface area (Å²) in [5.74, 6) is 0.0361. The Labute approximate surface area is 92.0 Å². The molecule has 0 aliphatic heterocycles. The van der Waals surface area contributed by atoms with Crippen LogP contribution >= 0.6 is 0 Å². The second kappa shape index (κ2) is 7.26. The van der Waals surface area contributed by atoms with Gasteiger partial charge < -0.3 is 10.2 Å². The summed E-state index contributed by atoms with van der Waals surface area (Å²) in [6.07, 6.45) is 2.00. The Balaban J connectivity index is 3.77. The summed E-state index contributed by atoms with van der Waals surface area (Å²) < 4.78 is 0. The first-order chi connectivity index (χ1) is 6.99. The van der Waals surface area contributed by atoms with Crippen LogP contribution in [0.5, 0.6) is 0 Å². The molecule has 4 nitrogen and oxygen atoms in total. The van der Waals surface area contributed by atoms with Gasteiger partial charge in [0.05, 0.1) is 0 Å². The number of carbonyl (C=O) groups is 2. The van der Waals surface area contributed by atoms with Crippen LogP contribution in [0, 0.1) is 5.92 Å². The molecule has 2 amide bonds. The van der Waals surface area contributed by atoms with Gasteiger partial charge in [-0.3, -0.25) is 9.59 Å². The molecule has 0 fully saturated rings. The van der Waals surface area contributed by atoms with Crippen LogP contribution in [0.25, 0.3) is 0 Å². The molecule has 0 heterocycles. The van der Waals surface area contributed by atoms with Gasteiger partial charge in [-0.25, -0.2) is 0 Å². The zero-order valence-corrected chi connectivity index (χ0v) is 10.2. The highest BCUT2D eigenvalue weighted by molar-refractivity contribution is 5.80. The maximum atomic E-state index is 11.4. The monoisotopic (exact) mass is 214 g/mol. The van der Waals surface area contributed by atoms with Gasteiger partial charge in [0.1, 0.15) is 0 Å². The van der Waals surface area contributed by atoms with E-state index in [9.17, 15) is 9.59 Å². The third-order valence-corrected chi connectivity index (χ3v) is 2.29. The smallest absolute Gasteiger partial charge is 0.222 e. The predicted molar refractivity (Wildman–Crippen MR) is 60.4 cm³/mol. The Kier molecular flexibility index (Phi) is 6.75. The van der Waals surface area contributed by atoms with Gasteiger partial charge >= 0.3 is 0 Å². The Hall–Kier alpha value is -1.06. The molecule has 0 aromatic heterocycles. The molecular weight excluding hydrogens is 192 g/mol. The minimum atomic E-state index is -0.0829. The van der Waals surface area contributed by atoms with Crippen LogP contribution in [0.2, 0.25) is 0 Å². The zero-order chi connectivity index (χ0) is 11.8. The van der Waals surface area contributed by atoms with Gasteiger partial charge in [-0.1, -0.05) is 13.8 Å². The second-order valence-corrected chi connectivity index (χ2v) is 4.02. The van der Waals surface area contributed by atoms with Gasteiger partial charge in [-0.05, 0) is 12.8 Å². The predicted octanol–water partition coefficient (Wildman–Crippen LogP) is 1.02. The maximum Gasteiger partial charge on any atom is 0.222 e. The van der Waals surface area contributed by atoms with Crippen molar-refractivity contribution in [1.29, 1.82) is 0 Å². The molecule has 0 aromatic carbocycles. The summed E-state index contributed by atoms with van der Waals surface area (Å²) in [6.45, 7) is 4.58. The second-order valence-electron chi connectivity index (χ2n) is 4.02. The normalized spacial score (nSPS) is 12.0. The lowest BCUT2D eigenvalue weighted by molar-refractivity contribution is -0.129. The molecule has 0 bridgehead atoms. The molecule has 0 aliphatic rings. The molecule has 0 aliphatic carbocycles. The molecule has 0 spiro atoms. The first-order valence-corrected chi connectivity index (χ1v) is 5.46. The van der Waals surface area contributed by atoms with Crippen molar-refractivity contribution in [3.05, 3.63) is 0 Å². The SMILES string of the molecule is CCCNC(=O)C(C)CCC(=O)N(C)C. The topological polar surface area (TPSA) is 49.4 Å². The van der Waals surface area contributed by atoms with Crippen LogP contribution < -0.4 is 5.32 Å². The van der Waals surface area contributed by atoms with Crippen molar-refractivity contribution in [2.24, 2.45) is 5.92 Å². The molecular formula is C11H22N2O2. The summed E-state index contributed by atoms with van der Waals surface area (Å²) in [5.41, 5.74) is 0. The van der Waals surface area contributed by atoms with E-state index >= 15 is 0 Å². The highest BCUT2D eigenvalue weighted by Gasteiger charge is 2.14. The van der Waals surface area contributed by atoms with Crippen molar-refractivity contribution < 1.29 is 9.59 Å². The molecule has 0 saturated heterocycles. The van der Waals surface area contributed by atoms with Crippen molar-refractivity contribution in [3.8, 4) is 0 Å². The fraction of sp³-hybridized carbons (Fsp3) is 0.818. The van der Waals surface area contributed by atoms with E-state index in [2.05, 4.69) is 5.32 Å². The van der Waals surface area contributed by atoms with Gasteiger partial charge in [0.2, 0.25) is 11.8 Å². The minimum absolute atomic E-state index is 0.0448. The lowest BCUT2D eigenvalue weighted by atomic mass is 10.0. The van der Waals surface area contributed by atoms with Gasteiger partial charge in [0.25, 0.3) is 0 Å². The van der Waals surface area contributed by atoms with Gasteiger partial charge in [-0.2, -0.15) is 0 Å². The van der Waals surface area contributed by atoms with Crippen LogP contribution in [0.15, 0.2) is 0 Å². The molecule has 1 unspecified atom stereocenters. The number of hydrogen-bond donors (Lipinski definition) is 1. The van der Waals surface area contributed by atoms with E-state index in [-0.39, 0.29) is 17.7 Å². The summed E-state index contributed by atoms with van der Waals surface area (Å²) in [4.78, 5) is 24.3. The van der Waals surface area contributed by atoms with Gasteiger partial charge in [0.15, 0.2) is 0 Å². The molecule has 0 radical (unpaired) electrons. The third-order valence-electron chi connectivity index (χ3n) is 2.29. The first-order valence-electron chi connectivity index (χ1n) is 5.46. The minimum Gasteiger partial charge on any atom is -0.356 e. The van der Waals surface area contributed by atoms with Crippen molar-refractivity contribution >= 4 is 11.8 Å². The molecule has 1 atom stereocenters. The number of nitrogens with zero attached hydrogens (tertiary/aromatic N) is 1. The summed E-state index contributed by atoms with van der Waals surface area (Å²) in [7, 11) is 3.45. The maximum absolute atomic E-state index is 11.4. The highest BCUT2D eigenvalue weighted by Crippen LogP contribution is 2.06. The molecule has 0 rings (SSSR count). The van der Waals surface area contributed by atoms with Crippen molar-refractivity contribution in [1.82, 2.24) is 10.2 Å². The quantitative estimate of drug-likeness (QED) is 0.717. The Morgan fingerprint density at radius 1 is 1.33 bits per heavy atom. The van der Waals surface area contributed by atoms with Crippen LogP contribution in [0.3, 0.4) is 0 Å². The average Bonchev–Trinajstić information content (AvgIpc) is 2.21. The van der Waals surface area contributed by atoms with E-state index in [1.165, 1.54) is 0 Å². The Morgan fingerprint density at radius 3 is 2.40 bits per heavy atom. The van der Waals surface area contributed by atoms with Crippen LogP contribution in [-0.4, -0.2) is 37.4 Å². The largest absolute Gasteiger partial charge is 0.356 e. The third kappa shape index (κ3) is 6.10. The standard InChI is InChI=1S/C11H22N2O2/c1-5-8-12-11(15)9(2)6-7-10(14)13(3)4/h9H,5-8H2,1-4H3,(H,12,15). The van der Waals surface area contributed by atoms with Crippen LogP contribution in [0.4, 0.5) is 0 Å². The van der Waals surface area contributed by atoms with Crippen molar-refractivity contribution in [3.63, 3.8) is 0 Å². The fourth-order valence-electron chi connectivity index (χ4n) is 1.12. The van der Waals surface area contributed by atoms with Crippen LogP contribution in [0.1, 0.15) is 33.1 Å². The fourth-order valence-corrected chi connectivity index (χ4v) is 1.12. The van der Waals surface area contributed by atoms with Gasteiger partial charge in [-0.15, -0.1) is 0 Å². The molecule has 4 heteroatoms. The van der Waals surface area contributed by atoms with E-state index in [1.807, 2.05) is 13.8 Å². The van der Waals surface area contributed by atoms with E-state index in [1.54, 1.807) is 19.0 Å². The number of nitrogens with one attached hydrogen (secondary N) is 1. The number of carbonyl (C=O) groups excluding carboxylic acids is 2. The van der Waals surface area contributed by atoms with E-state index in [0.29, 0.717) is 19.4 Å². The summed E-state index contributed by atoms with van der Waals surface area (Å²) in [6, 6.07) is 0. The van der Waals surface area contributed by atoms with Gasteiger partial charge in [0, 0.05) is 33.0 Å². The van der Waals surface area contributed by atoms with Crippen molar-refractivity contribution in [2.45, 2.75) is 33.1 Å². The Bertz CT molecular complexity index is 215. The summed E-state index contributed by atoms with van der Waals surface area (Å²) >= 11 is 0. The zero-order valence-electron chi connectivity index (χ0n) is 10.2. The number of hydrogen-bond acceptors (Lipinski definition) is 2. The average molecular weight is 214 g/mol. The number of amides is 2. The molecule has 1 N–H and O–H groups in total. The van der Waals surface area contributed by atoms with E-state index in [0.717, 1.165) is 6.42 Å². The first kappa shape index (κ1) is 13.9. The molecule has 88 valence electrons. The molecule has 0 saturated carbocycles. The molecule has 15 heavy (non-hydrogen) atoms.